The van der Waals surface area contributed by atoms with Crippen LogP contribution in [-0.2, 0) is 10.0 Å². The molecule has 1 aromatic carbocycles. The van der Waals surface area contributed by atoms with E-state index >= 15 is 0 Å². The van der Waals surface area contributed by atoms with Gasteiger partial charge in [-0.15, -0.1) is 0 Å². The van der Waals surface area contributed by atoms with Crippen molar-refractivity contribution in [2.75, 3.05) is 4.72 Å². The maximum atomic E-state index is 12.3. The lowest BCUT2D eigenvalue weighted by Crippen LogP contribution is -2.14. The average molecular weight is 297 g/mol. The number of nitrogens with zero attached hydrogens (tertiary/aromatic N) is 1. The van der Waals surface area contributed by atoms with Gasteiger partial charge in [-0.1, -0.05) is 29.8 Å². The zero-order chi connectivity index (χ0) is 14.0. The van der Waals surface area contributed by atoms with Crippen LogP contribution in [0.15, 0.2) is 41.4 Å². The molecule has 0 radical (unpaired) electrons. The molecule has 0 atom stereocenters. The Labute approximate surface area is 117 Å². The average Bonchev–Trinajstić information content (AvgIpc) is 2.34. The van der Waals surface area contributed by atoms with E-state index in [1.807, 2.05) is 32.0 Å². The molecule has 1 aromatic heterocycles. The molecule has 19 heavy (non-hydrogen) atoms. The van der Waals surface area contributed by atoms with Crippen LogP contribution < -0.4 is 4.72 Å². The van der Waals surface area contributed by atoms with Crippen molar-refractivity contribution >= 4 is 27.3 Å². The van der Waals surface area contributed by atoms with Crippen LogP contribution in [0.1, 0.15) is 11.1 Å². The molecular formula is C13H13ClN2O2S. The highest BCUT2D eigenvalue weighted by atomic mass is 35.5. The molecule has 0 amide bonds. The van der Waals surface area contributed by atoms with E-state index in [-0.39, 0.29) is 10.0 Å². The van der Waals surface area contributed by atoms with Gasteiger partial charge in [0, 0.05) is 6.20 Å². The summed E-state index contributed by atoms with van der Waals surface area (Å²) in [5.74, 6) is 0. The third kappa shape index (κ3) is 3.05. The van der Waals surface area contributed by atoms with Crippen LogP contribution >= 0.6 is 11.6 Å². The van der Waals surface area contributed by atoms with Crippen molar-refractivity contribution in [2.24, 2.45) is 0 Å². The number of sulfonamides is 1. The van der Waals surface area contributed by atoms with Crippen LogP contribution in [0.2, 0.25) is 5.15 Å². The van der Waals surface area contributed by atoms with Crippen LogP contribution in [0.3, 0.4) is 0 Å². The molecule has 0 saturated carbocycles. The number of nitrogens with one attached hydrogen (secondary N) is 1. The van der Waals surface area contributed by atoms with Gasteiger partial charge in [0.15, 0.2) is 0 Å². The Morgan fingerprint density at radius 3 is 2.37 bits per heavy atom. The van der Waals surface area contributed by atoms with Gasteiger partial charge < -0.3 is 0 Å². The number of halogens is 1. The van der Waals surface area contributed by atoms with Crippen molar-refractivity contribution in [3.63, 3.8) is 0 Å². The Morgan fingerprint density at radius 1 is 1.16 bits per heavy atom. The highest BCUT2D eigenvalue weighted by Crippen LogP contribution is 2.23. The van der Waals surface area contributed by atoms with Gasteiger partial charge in [0.25, 0.3) is 10.0 Å². The second-order valence-corrected chi connectivity index (χ2v) is 6.26. The van der Waals surface area contributed by atoms with Crippen LogP contribution in [0, 0.1) is 13.8 Å². The van der Waals surface area contributed by atoms with Crippen LogP contribution in [-0.4, -0.2) is 13.4 Å². The molecule has 2 rings (SSSR count). The number of para-hydroxylation sites is 1. The van der Waals surface area contributed by atoms with Gasteiger partial charge >= 0.3 is 0 Å². The summed E-state index contributed by atoms with van der Waals surface area (Å²) < 4.78 is 27.1. The summed E-state index contributed by atoms with van der Waals surface area (Å²) in [5, 5.41) is 0.143. The number of pyridine rings is 1. The molecule has 0 fully saturated rings. The minimum atomic E-state index is -3.66. The van der Waals surface area contributed by atoms with E-state index in [1.165, 1.54) is 18.3 Å². The second-order valence-electron chi connectivity index (χ2n) is 4.19. The van der Waals surface area contributed by atoms with Gasteiger partial charge in [0.05, 0.1) is 10.6 Å². The maximum absolute atomic E-state index is 12.3. The van der Waals surface area contributed by atoms with Crippen molar-refractivity contribution in [1.29, 1.82) is 0 Å². The molecule has 0 bridgehead atoms. The Bertz CT molecular complexity index is 694. The molecule has 4 nitrogen and oxygen atoms in total. The van der Waals surface area contributed by atoms with Crippen molar-refractivity contribution < 1.29 is 8.42 Å². The molecule has 0 aliphatic rings. The lowest BCUT2D eigenvalue weighted by molar-refractivity contribution is 0.601. The summed E-state index contributed by atoms with van der Waals surface area (Å²) in [7, 11) is -3.66. The minimum absolute atomic E-state index is 0.0927. The third-order valence-corrected chi connectivity index (χ3v) is 4.28. The summed E-state index contributed by atoms with van der Waals surface area (Å²) in [6.07, 6.45) is 1.36. The summed E-state index contributed by atoms with van der Waals surface area (Å²) in [4.78, 5) is 3.86. The molecule has 0 saturated heterocycles. The van der Waals surface area contributed by atoms with E-state index < -0.39 is 10.0 Å². The van der Waals surface area contributed by atoms with E-state index in [4.69, 9.17) is 11.6 Å². The number of hydrogen-bond acceptors (Lipinski definition) is 3. The fraction of sp³-hybridized carbons (Fsp3) is 0.154. The molecule has 1 N–H and O–H groups in total. The number of rotatable bonds is 3. The first-order valence-corrected chi connectivity index (χ1v) is 7.47. The first-order valence-electron chi connectivity index (χ1n) is 5.61. The van der Waals surface area contributed by atoms with E-state index in [2.05, 4.69) is 9.71 Å². The van der Waals surface area contributed by atoms with Crippen LogP contribution in [0.5, 0.6) is 0 Å². The van der Waals surface area contributed by atoms with Crippen molar-refractivity contribution in [3.8, 4) is 0 Å². The van der Waals surface area contributed by atoms with E-state index in [0.29, 0.717) is 5.69 Å². The van der Waals surface area contributed by atoms with Crippen LogP contribution in [0.25, 0.3) is 0 Å². The molecule has 0 spiro atoms. The zero-order valence-electron chi connectivity index (χ0n) is 10.5. The number of benzene rings is 1. The van der Waals surface area contributed by atoms with Crippen LogP contribution in [0.4, 0.5) is 5.69 Å². The number of aromatic nitrogens is 1. The summed E-state index contributed by atoms with van der Waals surface area (Å²) >= 11 is 5.71. The maximum Gasteiger partial charge on any atom is 0.262 e. The standard InChI is InChI=1S/C13H13ClN2O2S/c1-9-4-3-5-10(2)13(9)16-19(17,18)11-6-7-15-12(14)8-11/h3-8,16H,1-2H3. The topological polar surface area (TPSA) is 59.1 Å². The molecule has 1 heterocycles. The van der Waals surface area contributed by atoms with E-state index in [9.17, 15) is 8.42 Å². The summed E-state index contributed by atoms with van der Waals surface area (Å²) in [6, 6.07) is 8.31. The first-order chi connectivity index (χ1) is 8.90. The van der Waals surface area contributed by atoms with Gasteiger partial charge in [-0.25, -0.2) is 13.4 Å². The van der Waals surface area contributed by atoms with Gasteiger partial charge in [-0.2, -0.15) is 0 Å². The normalized spacial score (nSPS) is 11.3. The Kier molecular flexibility index (Phi) is 3.78. The number of anilines is 1. The Morgan fingerprint density at radius 2 is 1.79 bits per heavy atom. The van der Waals surface area contributed by atoms with E-state index in [0.717, 1.165) is 11.1 Å². The zero-order valence-corrected chi connectivity index (χ0v) is 12.1. The van der Waals surface area contributed by atoms with Crippen molar-refractivity contribution in [1.82, 2.24) is 4.98 Å². The molecule has 0 aliphatic carbocycles. The predicted molar refractivity (Wildman–Crippen MR) is 76.0 cm³/mol. The lowest BCUT2D eigenvalue weighted by Gasteiger charge is -2.13. The molecular weight excluding hydrogens is 284 g/mol. The third-order valence-electron chi connectivity index (χ3n) is 2.73. The molecule has 0 aliphatic heterocycles. The summed E-state index contributed by atoms with van der Waals surface area (Å²) in [5.41, 5.74) is 2.32. The van der Waals surface area contributed by atoms with Crippen molar-refractivity contribution in [2.45, 2.75) is 18.7 Å². The Balaban J connectivity index is 2.42. The SMILES string of the molecule is Cc1cccc(C)c1NS(=O)(=O)c1ccnc(Cl)c1. The van der Waals surface area contributed by atoms with Gasteiger partial charge in [0.2, 0.25) is 0 Å². The fourth-order valence-corrected chi connectivity index (χ4v) is 3.17. The van der Waals surface area contributed by atoms with Gasteiger partial charge in [0.1, 0.15) is 5.15 Å². The lowest BCUT2D eigenvalue weighted by atomic mass is 10.1. The minimum Gasteiger partial charge on any atom is -0.279 e. The quantitative estimate of drug-likeness (QED) is 0.885. The first kappa shape index (κ1) is 13.8. The molecule has 6 heteroatoms. The smallest absolute Gasteiger partial charge is 0.262 e. The number of hydrogen-bond donors (Lipinski definition) is 1. The fourth-order valence-electron chi connectivity index (χ4n) is 1.72. The summed E-state index contributed by atoms with van der Waals surface area (Å²) in [6.45, 7) is 3.70. The second kappa shape index (κ2) is 5.19. The Hall–Kier alpha value is -1.59. The molecule has 2 aromatic rings. The largest absolute Gasteiger partial charge is 0.279 e. The van der Waals surface area contributed by atoms with Gasteiger partial charge in [-0.3, -0.25) is 4.72 Å². The predicted octanol–water partition coefficient (Wildman–Crippen LogP) is 3.15. The molecule has 0 unspecified atom stereocenters. The van der Waals surface area contributed by atoms with Crippen molar-refractivity contribution in [3.05, 3.63) is 52.8 Å². The highest BCUT2D eigenvalue weighted by molar-refractivity contribution is 7.92. The van der Waals surface area contributed by atoms with E-state index in [1.54, 1.807) is 0 Å². The highest BCUT2D eigenvalue weighted by Gasteiger charge is 2.16. The molecule has 100 valence electrons. The monoisotopic (exact) mass is 296 g/mol. The number of aryl methyl sites for hydroxylation is 2. The van der Waals surface area contributed by atoms with Gasteiger partial charge in [-0.05, 0) is 37.1 Å².